The summed E-state index contributed by atoms with van der Waals surface area (Å²) in [5.41, 5.74) is 0.413. The number of ether oxygens (including phenoxy) is 1. The van der Waals surface area contributed by atoms with Crippen LogP contribution < -0.4 is 10.1 Å². The highest BCUT2D eigenvalue weighted by molar-refractivity contribution is 6.39. The molecule has 1 N–H and O–H groups in total. The van der Waals surface area contributed by atoms with Gasteiger partial charge in [0.25, 0.3) is 0 Å². The van der Waals surface area contributed by atoms with Gasteiger partial charge >= 0.3 is 11.8 Å². The van der Waals surface area contributed by atoms with Gasteiger partial charge < -0.3 is 15.0 Å². The zero-order chi connectivity index (χ0) is 15.8. The van der Waals surface area contributed by atoms with E-state index in [9.17, 15) is 9.59 Å². The van der Waals surface area contributed by atoms with Crippen LogP contribution in [0.15, 0.2) is 43.5 Å². The van der Waals surface area contributed by atoms with Crippen molar-refractivity contribution in [2.45, 2.75) is 0 Å². The second kappa shape index (κ2) is 8.11. The molecule has 0 bridgehead atoms. The van der Waals surface area contributed by atoms with Crippen LogP contribution in [0.3, 0.4) is 0 Å². The minimum Gasteiger partial charge on any atom is -0.495 e. The Morgan fingerprint density at radius 2 is 1.95 bits per heavy atom. The minimum absolute atomic E-state index is 0.266. The predicted octanol–water partition coefficient (Wildman–Crippen LogP) is 2.49. The van der Waals surface area contributed by atoms with Crippen molar-refractivity contribution in [3.63, 3.8) is 0 Å². The van der Waals surface area contributed by atoms with Gasteiger partial charge in [0, 0.05) is 18.8 Å². The average molecular weight is 309 g/mol. The fourth-order valence-corrected chi connectivity index (χ4v) is 1.88. The Labute approximate surface area is 128 Å². The Morgan fingerprint density at radius 3 is 2.43 bits per heavy atom. The number of hydrogen-bond donors (Lipinski definition) is 1. The molecule has 1 aromatic carbocycles. The molecule has 5 nitrogen and oxygen atoms in total. The van der Waals surface area contributed by atoms with Gasteiger partial charge in [-0.15, -0.1) is 13.2 Å². The van der Waals surface area contributed by atoms with Crippen molar-refractivity contribution < 1.29 is 14.3 Å². The van der Waals surface area contributed by atoms with Gasteiger partial charge in [0.15, 0.2) is 0 Å². The summed E-state index contributed by atoms with van der Waals surface area (Å²) in [4.78, 5) is 25.2. The van der Waals surface area contributed by atoms with Crippen LogP contribution in [0.4, 0.5) is 5.69 Å². The van der Waals surface area contributed by atoms with Crippen LogP contribution in [0, 0.1) is 0 Å². The Balaban J connectivity index is 2.79. The molecule has 0 aliphatic heterocycles. The van der Waals surface area contributed by atoms with E-state index in [0.717, 1.165) is 0 Å². The number of carbonyl (C=O) groups is 2. The van der Waals surface area contributed by atoms with E-state index in [-0.39, 0.29) is 13.1 Å². The second-order valence-corrected chi connectivity index (χ2v) is 4.50. The molecule has 21 heavy (non-hydrogen) atoms. The van der Waals surface area contributed by atoms with Gasteiger partial charge in [-0.25, -0.2) is 0 Å². The number of hydrogen-bond acceptors (Lipinski definition) is 3. The number of carbonyl (C=O) groups excluding carboxylic acids is 2. The van der Waals surface area contributed by atoms with Crippen molar-refractivity contribution in [2.75, 3.05) is 25.5 Å². The number of benzene rings is 1. The average Bonchev–Trinajstić information content (AvgIpc) is 2.46. The summed E-state index contributed by atoms with van der Waals surface area (Å²) in [5, 5.41) is 2.84. The maximum atomic E-state index is 12.0. The monoisotopic (exact) mass is 308 g/mol. The van der Waals surface area contributed by atoms with Gasteiger partial charge in [0.2, 0.25) is 0 Å². The highest BCUT2D eigenvalue weighted by atomic mass is 35.5. The molecule has 112 valence electrons. The normalized spacial score (nSPS) is 9.62. The maximum Gasteiger partial charge on any atom is 0.313 e. The van der Waals surface area contributed by atoms with Gasteiger partial charge in [0.1, 0.15) is 5.75 Å². The highest BCUT2D eigenvalue weighted by Crippen LogP contribution is 2.27. The summed E-state index contributed by atoms with van der Waals surface area (Å²) >= 11 is 5.96. The largest absolute Gasteiger partial charge is 0.495 e. The minimum atomic E-state index is -0.750. The number of halogens is 1. The van der Waals surface area contributed by atoms with Crippen LogP contribution >= 0.6 is 11.6 Å². The van der Waals surface area contributed by atoms with Gasteiger partial charge in [-0.1, -0.05) is 23.8 Å². The van der Waals surface area contributed by atoms with Crippen molar-refractivity contribution in [1.29, 1.82) is 0 Å². The Hall–Kier alpha value is -2.27. The van der Waals surface area contributed by atoms with Crippen molar-refractivity contribution in [3.05, 3.63) is 48.5 Å². The molecule has 1 aromatic rings. The molecule has 0 fully saturated rings. The van der Waals surface area contributed by atoms with Crippen molar-refractivity contribution in [2.24, 2.45) is 0 Å². The van der Waals surface area contributed by atoms with Crippen molar-refractivity contribution in [1.82, 2.24) is 4.90 Å². The number of nitrogens with zero attached hydrogens (tertiary/aromatic N) is 1. The smallest absolute Gasteiger partial charge is 0.313 e. The first-order chi connectivity index (χ1) is 10.0. The number of rotatable bonds is 6. The molecular formula is C15H17ClN2O3. The number of nitrogens with one attached hydrogen (secondary N) is 1. The Kier molecular flexibility index (Phi) is 6.49. The third kappa shape index (κ3) is 4.65. The standard InChI is InChI=1S/C15H17ClN2O3/c1-4-8-18(9-5-2)15(20)14(19)17-11-6-7-13(21-3)12(16)10-11/h4-7,10H,1-2,8-9H2,3H3,(H,17,19). The summed E-state index contributed by atoms with van der Waals surface area (Å²) in [6, 6.07) is 4.71. The van der Waals surface area contributed by atoms with Crippen LogP contribution in [0.25, 0.3) is 0 Å². The quantitative estimate of drug-likeness (QED) is 0.649. The lowest BCUT2D eigenvalue weighted by Crippen LogP contribution is -2.39. The third-order valence-corrected chi connectivity index (χ3v) is 2.89. The highest BCUT2D eigenvalue weighted by Gasteiger charge is 2.20. The second-order valence-electron chi connectivity index (χ2n) is 4.09. The third-order valence-electron chi connectivity index (χ3n) is 2.59. The van der Waals surface area contributed by atoms with Crippen LogP contribution in [0.5, 0.6) is 5.75 Å². The lowest BCUT2D eigenvalue weighted by molar-refractivity contribution is -0.142. The summed E-state index contributed by atoms with van der Waals surface area (Å²) in [6.45, 7) is 7.63. The molecule has 0 atom stereocenters. The molecule has 0 heterocycles. The van der Waals surface area contributed by atoms with E-state index in [1.54, 1.807) is 24.3 Å². The summed E-state index contributed by atoms with van der Waals surface area (Å²) in [6.07, 6.45) is 3.08. The fourth-order valence-electron chi connectivity index (χ4n) is 1.62. The number of anilines is 1. The predicted molar refractivity (Wildman–Crippen MR) is 83.6 cm³/mol. The SMILES string of the molecule is C=CCN(CC=C)C(=O)C(=O)Nc1ccc(OC)c(Cl)c1. The lowest BCUT2D eigenvalue weighted by Gasteiger charge is -2.18. The molecule has 0 aliphatic carbocycles. The summed E-state index contributed by atoms with van der Waals surface area (Å²) in [5.74, 6) is -0.928. The molecule has 0 unspecified atom stereocenters. The molecular weight excluding hydrogens is 292 g/mol. The van der Waals surface area contributed by atoms with Gasteiger partial charge in [0.05, 0.1) is 12.1 Å². The van der Waals surface area contributed by atoms with Crippen LogP contribution in [-0.2, 0) is 9.59 Å². The molecule has 0 saturated carbocycles. The molecule has 1 rings (SSSR count). The number of amides is 2. The summed E-state index contributed by atoms with van der Waals surface area (Å²) in [7, 11) is 1.49. The Morgan fingerprint density at radius 1 is 1.33 bits per heavy atom. The molecule has 0 aliphatic rings. The molecule has 0 spiro atoms. The first-order valence-corrected chi connectivity index (χ1v) is 6.56. The van der Waals surface area contributed by atoms with Crippen LogP contribution in [-0.4, -0.2) is 36.9 Å². The van der Waals surface area contributed by atoms with E-state index in [1.807, 2.05) is 0 Å². The molecule has 0 radical (unpaired) electrons. The van der Waals surface area contributed by atoms with E-state index in [1.165, 1.54) is 18.1 Å². The van der Waals surface area contributed by atoms with Crippen LogP contribution in [0.2, 0.25) is 5.02 Å². The first kappa shape index (κ1) is 16.8. The van der Waals surface area contributed by atoms with Gasteiger partial charge in [-0.2, -0.15) is 0 Å². The fraction of sp³-hybridized carbons (Fsp3) is 0.200. The zero-order valence-electron chi connectivity index (χ0n) is 11.8. The first-order valence-electron chi connectivity index (χ1n) is 6.19. The molecule has 2 amide bonds. The zero-order valence-corrected chi connectivity index (χ0v) is 12.5. The topological polar surface area (TPSA) is 58.6 Å². The van der Waals surface area contributed by atoms with Crippen molar-refractivity contribution >= 4 is 29.1 Å². The Bertz CT molecular complexity index is 548. The van der Waals surface area contributed by atoms with E-state index in [0.29, 0.717) is 16.5 Å². The van der Waals surface area contributed by atoms with E-state index < -0.39 is 11.8 Å². The van der Waals surface area contributed by atoms with Gasteiger partial charge in [-0.05, 0) is 18.2 Å². The lowest BCUT2D eigenvalue weighted by atomic mass is 10.3. The number of methoxy groups -OCH3 is 1. The van der Waals surface area contributed by atoms with Crippen LogP contribution in [0.1, 0.15) is 0 Å². The summed E-state index contributed by atoms with van der Waals surface area (Å²) < 4.78 is 5.01. The van der Waals surface area contributed by atoms with E-state index >= 15 is 0 Å². The molecule has 6 heteroatoms. The maximum absolute atomic E-state index is 12.0. The molecule has 0 aromatic heterocycles. The van der Waals surface area contributed by atoms with E-state index in [4.69, 9.17) is 16.3 Å². The van der Waals surface area contributed by atoms with E-state index in [2.05, 4.69) is 18.5 Å². The van der Waals surface area contributed by atoms with Gasteiger partial charge in [-0.3, -0.25) is 9.59 Å². The van der Waals surface area contributed by atoms with Crippen molar-refractivity contribution in [3.8, 4) is 5.75 Å². The molecule has 0 saturated heterocycles.